The van der Waals surface area contributed by atoms with Gasteiger partial charge in [0.1, 0.15) is 17.3 Å². The van der Waals surface area contributed by atoms with Gasteiger partial charge in [-0.15, -0.1) is 0 Å². The Labute approximate surface area is 139 Å². The van der Waals surface area contributed by atoms with Crippen LogP contribution in [-0.4, -0.2) is 40.6 Å². The summed E-state index contributed by atoms with van der Waals surface area (Å²) in [6.07, 6.45) is 3.31. The molecule has 0 unspecified atom stereocenters. The van der Waals surface area contributed by atoms with Crippen LogP contribution in [0.1, 0.15) is 17.7 Å². The zero-order valence-electron chi connectivity index (χ0n) is 13.6. The van der Waals surface area contributed by atoms with Crippen molar-refractivity contribution in [2.45, 2.75) is 12.8 Å². The van der Waals surface area contributed by atoms with Gasteiger partial charge in [0.05, 0.1) is 5.70 Å². The number of aromatic nitrogens is 2. The Morgan fingerprint density at radius 2 is 1.71 bits per heavy atom. The van der Waals surface area contributed by atoms with Crippen LogP contribution in [-0.2, 0) is 6.42 Å². The standard InChI is InChI=1S/C17H19F3N4/c1-12(16-17(20)22-10-9-21-16)24(23(2)3)11-5-6-13-14(18)7-4-8-15(13)19/h4,7-10H,1,5-6,11H2,2-3H3. The molecule has 7 heteroatoms. The smallest absolute Gasteiger partial charge is 0.240 e. The molecule has 0 bridgehead atoms. The summed E-state index contributed by atoms with van der Waals surface area (Å²) in [4.78, 5) is 7.51. The second kappa shape index (κ2) is 7.92. The molecule has 0 aliphatic rings. The lowest BCUT2D eigenvalue weighted by atomic mass is 10.1. The lowest BCUT2D eigenvalue weighted by molar-refractivity contribution is 0.0947. The number of rotatable bonds is 7. The normalized spacial score (nSPS) is 10.9. The zero-order chi connectivity index (χ0) is 17.7. The van der Waals surface area contributed by atoms with E-state index in [-0.39, 0.29) is 17.7 Å². The second-order valence-electron chi connectivity index (χ2n) is 5.42. The Morgan fingerprint density at radius 3 is 2.29 bits per heavy atom. The molecule has 0 N–H and O–H groups in total. The monoisotopic (exact) mass is 336 g/mol. The summed E-state index contributed by atoms with van der Waals surface area (Å²) in [7, 11) is 3.53. The maximum atomic E-state index is 13.8. The molecule has 0 saturated carbocycles. The maximum Gasteiger partial charge on any atom is 0.240 e. The fourth-order valence-electron chi connectivity index (χ4n) is 2.39. The summed E-state index contributed by atoms with van der Waals surface area (Å²) in [5.74, 6) is -1.84. The summed E-state index contributed by atoms with van der Waals surface area (Å²) < 4.78 is 41.1. The predicted octanol–water partition coefficient (Wildman–Crippen LogP) is 3.28. The van der Waals surface area contributed by atoms with Crippen molar-refractivity contribution in [3.8, 4) is 0 Å². The Morgan fingerprint density at radius 1 is 1.08 bits per heavy atom. The molecule has 24 heavy (non-hydrogen) atoms. The van der Waals surface area contributed by atoms with Crippen LogP contribution < -0.4 is 0 Å². The lowest BCUT2D eigenvalue weighted by Gasteiger charge is -2.32. The first-order valence-electron chi connectivity index (χ1n) is 7.45. The third-order valence-corrected chi connectivity index (χ3v) is 3.58. The molecule has 2 aromatic rings. The first-order chi connectivity index (χ1) is 11.4. The van der Waals surface area contributed by atoms with Crippen LogP contribution in [0.25, 0.3) is 5.70 Å². The van der Waals surface area contributed by atoms with Crippen LogP contribution >= 0.6 is 0 Å². The van der Waals surface area contributed by atoms with Gasteiger partial charge in [-0.3, -0.25) is 0 Å². The molecule has 0 amide bonds. The fraction of sp³-hybridized carbons (Fsp3) is 0.294. The van der Waals surface area contributed by atoms with E-state index < -0.39 is 17.6 Å². The van der Waals surface area contributed by atoms with Crippen molar-refractivity contribution < 1.29 is 13.2 Å². The molecular weight excluding hydrogens is 317 g/mol. The van der Waals surface area contributed by atoms with E-state index in [9.17, 15) is 13.2 Å². The predicted molar refractivity (Wildman–Crippen MR) is 86.1 cm³/mol. The van der Waals surface area contributed by atoms with Crippen molar-refractivity contribution in [3.05, 3.63) is 66.0 Å². The highest BCUT2D eigenvalue weighted by Gasteiger charge is 2.18. The molecule has 0 fully saturated rings. The minimum absolute atomic E-state index is 0.0447. The van der Waals surface area contributed by atoms with Crippen LogP contribution in [0.5, 0.6) is 0 Å². The van der Waals surface area contributed by atoms with Crippen LogP contribution in [0, 0.1) is 17.6 Å². The van der Waals surface area contributed by atoms with Crippen LogP contribution in [0.4, 0.5) is 13.2 Å². The first-order valence-corrected chi connectivity index (χ1v) is 7.45. The van der Waals surface area contributed by atoms with Gasteiger partial charge in [-0.25, -0.2) is 23.8 Å². The molecule has 1 heterocycles. The van der Waals surface area contributed by atoms with Gasteiger partial charge in [0.15, 0.2) is 0 Å². The number of hydrazine groups is 1. The molecule has 1 aromatic carbocycles. The fourth-order valence-corrected chi connectivity index (χ4v) is 2.39. The van der Waals surface area contributed by atoms with E-state index in [1.807, 2.05) is 0 Å². The van der Waals surface area contributed by atoms with Crippen LogP contribution in [0.15, 0.2) is 37.2 Å². The van der Waals surface area contributed by atoms with Crippen molar-refractivity contribution in [1.82, 2.24) is 20.0 Å². The first kappa shape index (κ1) is 17.9. The minimum atomic E-state index is -0.713. The highest BCUT2D eigenvalue weighted by Crippen LogP contribution is 2.20. The Hall–Kier alpha value is -2.41. The topological polar surface area (TPSA) is 32.3 Å². The van der Waals surface area contributed by atoms with E-state index >= 15 is 0 Å². The third kappa shape index (κ3) is 4.11. The molecule has 0 atom stereocenters. The number of hydrogen-bond donors (Lipinski definition) is 0. The van der Waals surface area contributed by atoms with Gasteiger partial charge in [0, 0.05) is 38.6 Å². The molecule has 0 saturated heterocycles. The molecule has 128 valence electrons. The molecule has 0 spiro atoms. The van der Waals surface area contributed by atoms with E-state index in [1.165, 1.54) is 30.6 Å². The molecule has 0 aliphatic heterocycles. The molecular formula is C17H19F3N4. The van der Waals surface area contributed by atoms with Gasteiger partial charge in [0.2, 0.25) is 5.95 Å². The second-order valence-corrected chi connectivity index (χ2v) is 5.42. The molecule has 0 aliphatic carbocycles. The summed E-state index contributed by atoms with van der Waals surface area (Å²) >= 11 is 0. The number of nitrogens with zero attached hydrogens (tertiary/aromatic N) is 4. The highest BCUT2D eigenvalue weighted by molar-refractivity contribution is 5.57. The molecule has 1 aromatic heterocycles. The van der Waals surface area contributed by atoms with E-state index in [2.05, 4.69) is 16.5 Å². The van der Waals surface area contributed by atoms with Gasteiger partial charge < -0.3 is 5.01 Å². The third-order valence-electron chi connectivity index (χ3n) is 3.58. The van der Waals surface area contributed by atoms with Gasteiger partial charge in [-0.1, -0.05) is 12.6 Å². The summed E-state index contributed by atoms with van der Waals surface area (Å²) in [5, 5.41) is 3.40. The average molecular weight is 336 g/mol. The van der Waals surface area contributed by atoms with E-state index in [0.29, 0.717) is 18.7 Å². The molecule has 2 rings (SSSR count). The Balaban J connectivity index is 2.07. The molecule has 4 nitrogen and oxygen atoms in total. The highest BCUT2D eigenvalue weighted by atomic mass is 19.1. The Kier molecular flexibility index (Phi) is 5.92. The quantitative estimate of drug-likeness (QED) is 0.727. The number of benzene rings is 1. The van der Waals surface area contributed by atoms with Gasteiger partial charge in [-0.05, 0) is 25.0 Å². The number of hydrogen-bond acceptors (Lipinski definition) is 4. The van der Waals surface area contributed by atoms with Crippen molar-refractivity contribution >= 4 is 5.70 Å². The summed E-state index contributed by atoms with van der Waals surface area (Å²) in [5.41, 5.74) is 0.426. The van der Waals surface area contributed by atoms with Crippen molar-refractivity contribution in [2.75, 3.05) is 20.6 Å². The summed E-state index contributed by atoms with van der Waals surface area (Å²) in [6, 6.07) is 3.80. The van der Waals surface area contributed by atoms with Crippen LogP contribution in [0.2, 0.25) is 0 Å². The van der Waals surface area contributed by atoms with Gasteiger partial charge >= 0.3 is 0 Å². The zero-order valence-corrected chi connectivity index (χ0v) is 13.6. The van der Waals surface area contributed by atoms with E-state index in [4.69, 9.17) is 0 Å². The van der Waals surface area contributed by atoms with Crippen molar-refractivity contribution in [3.63, 3.8) is 0 Å². The average Bonchev–Trinajstić information content (AvgIpc) is 2.53. The van der Waals surface area contributed by atoms with Crippen molar-refractivity contribution in [1.29, 1.82) is 0 Å². The lowest BCUT2D eigenvalue weighted by Crippen LogP contribution is -2.36. The largest absolute Gasteiger partial charge is 0.305 e. The van der Waals surface area contributed by atoms with Crippen LogP contribution in [0.3, 0.4) is 0 Å². The van der Waals surface area contributed by atoms with Gasteiger partial charge in [0.25, 0.3) is 0 Å². The van der Waals surface area contributed by atoms with E-state index in [0.717, 1.165) is 0 Å². The minimum Gasteiger partial charge on any atom is -0.305 e. The van der Waals surface area contributed by atoms with E-state index in [1.54, 1.807) is 24.1 Å². The Bertz CT molecular complexity index is 698. The maximum absolute atomic E-state index is 13.8. The van der Waals surface area contributed by atoms with Gasteiger partial charge in [-0.2, -0.15) is 4.39 Å². The number of halogens is 3. The SMILES string of the molecule is C=C(c1nccnc1F)N(CCCc1c(F)cccc1F)N(C)C. The van der Waals surface area contributed by atoms with Crippen molar-refractivity contribution in [2.24, 2.45) is 0 Å². The summed E-state index contributed by atoms with van der Waals surface area (Å²) in [6.45, 7) is 4.26. The molecule has 0 radical (unpaired) electrons.